The molecular weight excluding hydrogens is 428 g/mol. The maximum Gasteiger partial charge on any atom is 0.260 e. The van der Waals surface area contributed by atoms with E-state index in [1.54, 1.807) is 24.4 Å². The van der Waals surface area contributed by atoms with Crippen molar-refractivity contribution in [3.63, 3.8) is 0 Å². The van der Waals surface area contributed by atoms with Crippen LogP contribution in [0, 0.1) is 0 Å². The Morgan fingerprint density at radius 3 is 2.76 bits per heavy atom. The largest absolute Gasteiger partial charge is 0.493 e. The predicted octanol–water partition coefficient (Wildman–Crippen LogP) is 4.61. The van der Waals surface area contributed by atoms with E-state index in [1.807, 2.05) is 33.9 Å². The molecule has 2 aliphatic heterocycles. The highest BCUT2D eigenvalue weighted by Gasteiger charge is 2.34. The van der Waals surface area contributed by atoms with Crippen LogP contribution in [0.2, 0.25) is 0 Å². The number of alkyl halides is 2. The van der Waals surface area contributed by atoms with E-state index in [4.69, 9.17) is 4.74 Å². The minimum Gasteiger partial charge on any atom is -0.493 e. The number of halogens is 2. The maximum absolute atomic E-state index is 13.6. The SMILES string of the molecule is O=C1Nc2cccc(n2)-c2nccn2CCCCOc2ccc(N3CCC(F)(F)CC3)cc21. The molecule has 1 amide bonds. The highest BCUT2D eigenvalue weighted by molar-refractivity contribution is 6.06. The van der Waals surface area contributed by atoms with Gasteiger partial charge < -0.3 is 19.5 Å². The molecule has 0 unspecified atom stereocenters. The molecule has 0 radical (unpaired) electrons. The molecule has 0 spiro atoms. The molecule has 4 heterocycles. The van der Waals surface area contributed by atoms with Crippen LogP contribution in [0.1, 0.15) is 36.0 Å². The smallest absolute Gasteiger partial charge is 0.260 e. The number of piperidine rings is 1. The molecule has 2 aliphatic rings. The molecule has 5 rings (SSSR count). The van der Waals surface area contributed by atoms with Crippen LogP contribution in [0.25, 0.3) is 11.5 Å². The molecule has 1 saturated heterocycles. The van der Waals surface area contributed by atoms with Gasteiger partial charge in [0.25, 0.3) is 11.8 Å². The van der Waals surface area contributed by atoms with E-state index in [9.17, 15) is 13.6 Å². The average molecular weight is 453 g/mol. The topological polar surface area (TPSA) is 72.3 Å². The standard InChI is InChI=1S/C24H25F2N5O2/c25-24(26)8-12-30(13-9-24)17-6-7-20-18(16-17)23(32)29-21-5-3-4-19(28-21)22-27-10-14-31(22)11-1-2-15-33-20/h3-7,10,14,16H,1-2,8-9,11-13,15H2,(H,28,29,32). The Labute approximate surface area is 190 Å². The van der Waals surface area contributed by atoms with Crippen LogP contribution >= 0.6 is 0 Å². The Kier molecular flexibility index (Phi) is 5.70. The number of amides is 1. The average Bonchev–Trinajstić information content (AvgIpc) is 3.27. The summed E-state index contributed by atoms with van der Waals surface area (Å²) >= 11 is 0. The fourth-order valence-corrected chi connectivity index (χ4v) is 4.21. The zero-order valence-corrected chi connectivity index (χ0v) is 18.1. The number of benzene rings is 1. The number of anilines is 2. The molecule has 33 heavy (non-hydrogen) atoms. The normalized spacial score (nSPS) is 18.4. The second-order valence-corrected chi connectivity index (χ2v) is 8.39. The lowest BCUT2D eigenvalue weighted by molar-refractivity contribution is -0.0220. The molecule has 9 heteroatoms. The van der Waals surface area contributed by atoms with Crippen molar-refractivity contribution in [2.75, 3.05) is 29.9 Å². The van der Waals surface area contributed by atoms with Crippen LogP contribution < -0.4 is 15.0 Å². The van der Waals surface area contributed by atoms with Gasteiger partial charge in [-0.15, -0.1) is 0 Å². The van der Waals surface area contributed by atoms with Crippen LogP contribution in [0.4, 0.5) is 20.3 Å². The van der Waals surface area contributed by atoms with E-state index in [2.05, 4.69) is 15.3 Å². The molecule has 7 nitrogen and oxygen atoms in total. The highest BCUT2D eigenvalue weighted by Crippen LogP contribution is 2.33. The lowest BCUT2D eigenvalue weighted by atomic mass is 10.0. The summed E-state index contributed by atoms with van der Waals surface area (Å²) in [5.41, 5.74) is 1.76. The summed E-state index contributed by atoms with van der Waals surface area (Å²) in [7, 11) is 0. The van der Waals surface area contributed by atoms with E-state index < -0.39 is 5.92 Å². The fourth-order valence-electron chi connectivity index (χ4n) is 4.21. The number of aryl methyl sites for hydroxylation is 1. The van der Waals surface area contributed by atoms with E-state index in [0.717, 1.165) is 30.9 Å². The Balaban J connectivity index is 1.46. The fraction of sp³-hybridized carbons (Fsp3) is 0.375. The quantitative estimate of drug-likeness (QED) is 0.583. The molecule has 1 fully saturated rings. The zero-order valence-electron chi connectivity index (χ0n) is 18.1. The van der Waals surface area contributed by atoms with Crippen molar-refractivity contribution in [2.24, 2.45) is 0 Å². The Hall–Kier alpha value is -3.49. The number of nitrogens with zero attached hydrogens (tertiary/aromatic N) is 4. The van der Waals surface area contributed by atoms with Gasteiger partial charge in [0.15, 0.2) is 5.82 Å². The van der Waals surface area contributed by atoms with Gasteiger partial charge in [-0.2, -0.15) is 0 Å². The minimum absolute atomic E-state index is 0.195. The van der Waals surface area contributed by atoms with E-state index in [-0.39, 0.29) is 31.8 Å². The van der Waals surface area contributed by atoms with Crippen LogP contribution in [0.15, 0.2) is 48.8 Å². The second kappa shape index (κ2) is 8.80. The summed E-state index contributed by atoms with van der Waals surface area (Å²) in [6.07, 6.45) is 4.95. The first-order chi connectivity index (χ1) is 16.0. The molecule has 1 N–H and O–H groups in total. The van der Waals surface area contributed by atoms with Gasteiger partial charge in [0.1, 0.15) is 17.3 Å². The number of carbonyl (C=O) groups excluding carboxylic acids is 1. The number of hydrogen-bond donors (Lipinski definition) is 1. The van der Waals surface area contributed by atoms with E-state index in [1.165, 1.54) is 0 Å². The Morgan fingerprint density at radius 1 is 1.06 bits per heavy atom. The summed E-state index contributed by atoms with van der Waals surface area (Å²) in [6, 6.07) is 10.7. The number of fused-ring (bicyclic) bond motifs is 5. The third-order valence-corrected chi connectivity index (χ3v) is 6.05. The number of pyridine rings is 1. The first-order valence-corrected chi connectivity index (χ1v) is 11.2. The lowest BCUT2D eigenvalue weighted by Crippen LogP contribution is -2.39. The predicted molar refractivity (Wildman–Crippen MR) is 121 cm³/mol. The number of nitrogens with one attached hydrogen (secondary N) is 1. The number of hydrogen-bond acceptors (Lipinski definition) is 5. The monoisotopic (exact) mass is 453 g/mol. The number of ether oxygens (including phenoxy) is 1. The van der Waals surface area contributed by atoms with Crippen LogP contribution in [-0.4, -0.2) is 46.1 Å². The van der Waals surface area contributed by atoms with Crippen LogP contribution in [0.5, 0.6) is 5.75 Å². The third-order valence-electron chi connectivity index (χ3n) is 6.05. The Bertz CT molecular complexity index is 1150. The number of rotatable bonds is 1. The van der Waals surface area contributed by atoms with Gasteiger partial charge in [0.05, 0.1) is 12.2 Å². The summed E-state index contributed by atoms with van der Waals surface area (Å²) in [4.78, 5) is 24.1. The van der Waals surface area contributed by atoms with Crippen molar-refractivity contribution >= 4 is 17.4 Å². The van der Waals surface area contributed by atoms with Crippen LogP contribution in [-0.2, 0) is 6.54 Å². The summed E-state index contributed by atoms with van der Waals surface area (Å²) in [5, 5.41) is 2.85. The molecular formula is C24H25F2N5O2. The number of carbonyl (C=O) groups is 1. The van der Waals surface area contributed by atoms with Gasteiger partial charge in [-0.3, -0.25) is 4.79 Å². The van der Waals surface area contributed by atoms with Crippen molar-refractivity contribution in [1.82, 2.24) is 14.5 Å². The van der Waals surface area contributed by atoms with Crippen LogP contribution in [0.3, 0.4) is 0 Å². The summed E-state index contributed by atoms with van der Waals surface area (Å²) in [5.74, 6) is -1.38. The Morgan fingerprint density at radius 2 is 1.91 bits per heavy atom. The molecule has 0 atom stereocenters. The molecule has 0 saturated carbocycles. The molecule has 2 aromatic heterocycles. The van der Waals surface area contributed by atoms with Gasteiger partial charge in [-0.1, -0.05) is 6.07 Å². The molecule has 2 bridgehead atoms. The van der Waals surface area contributed by atoms with E-state index in [0.29, 0.717) is 29.4 Å². The van der Waals surface area contributed by atoms with Crippen molar-refractivity contribution in [1.29, 1.82) is 0 Å². The second-order valence-electron chi connectivity index (χ2n) is 8.39. The van der Waals surface area contributed by atoms with Gasteiger partial charge in [0, 0.05) is 50.6 Å². The minimum atomic E-state index is -2.63. The van der Waals surface area contributed by atoms with Crippen molar-refractivity contribution < 1.29 is 18.3 Å². The molecule has 172 valence electrons. The molecule has 3 aromatic rings. The molecule has 1 aromatic carbocycles. The zero-order chi connectivity index (χ0) is 22.8. The highest BCUT2D eigenvalue weighted by atomic mass is 19.3. The maximum atomic E-state index is 13.6. The van der Waals surface area contributed by atoms with E-state index >= 15 is 0 Å². The third kappa shape index (κ3) is 4.67. The van der Waals surface area contributed by atoms with Crippen molar-refractivity contribution in [3.05, 3.63) is 54.4 Å². The first-order valence-electron chi connectivity index (χ1n) is 11.2. The van der Waals surface area contributed by atoms with Gasteiger partial charge in [-0.05, 0) is 43.2 Å². The van der Waals surface area contributed by atoms with Gasteiger partial charge >= 0.3 is 0 Å². The lowest BCUT2D eigenvalue weighted by Gasteiger charge is -2.33. The number of imidazole rings is 1. The van der Waals surface area contributed by atoms with Gasteiger partial charge in [0.2, 0.25) is 0 Å². The van der Waals surface area contributed by atoms with Crippen molar-refractivity contribution in [2.45, 2.75) is 38.2 Å². The summed E-state index contributed by atoms with van der Waals surface area (Å²) in [6.45, 7) is 1.72. The summed E-state index contributed by atoms with van der Waals surface area (Å²) < 4.78 is 35.2. The molecule has 0 aliphatic carbocycles. The van der Waals surface area contributed by atoms with Gasteiger partial charge in [-0.25, -0.2) is 18.7 Å². The van der Waals surface area contributed by atoms with Crippen molar-refractivity contribution in [3.8, 4) is 17.3 Å². The first kappa shape index (κ1) is 21.4. The number of aromatic nitrogens is 3.